The van der Waals surface area contributed by atoms with Crippen molar-refractivity contribution in [3.63, 3.8) is 0 Å². The molecule has 0 saturated carbocycles. The Hall–Kier alpha value is -3.98. The van der Waals surface area contributed by atoms with Crippen molar-refractivity contribution >= 4 is 53.2 Å². The van der Waals surface area contributed by atoms with Crippen molar-refractivity contribution in [2.75, 3.05) is 90.4 Å². The van der Waals surface area contributed by atoms with E-state index in [0.29, 0.717) is 118 Å². The predicted octanol–water partition coefficient (Wildman–Crippen LogP) is 5.40. The van der Waals surface area contributed by atoms with Crippen LogP contribution in [0.2, 0.25) is 0 Å². The summed E-state index contributed by atoms with van der Waals surface area (Å²) in [6, 6.07) is 9.31. The van der Waals surface area contributed by atoms with Crippen LogP contribution in [0.3, 0.4) is 0 Å². The van der Waals surface area contributed by atoms with Gasteiger partial charge in [-0.25, -0.2) is 0 Å². The first-order chi connectivity index (χ1) is 34.3. The second-order valence-electron chi connectivity index (χ2n) is 18.7. The monoisotopic (exact) mass is 1010 g/mol. The number of rotatable bonds is 40. The first kappa shape index (κ1) is 56.9. The van der Waals surface area contributed by atoms with E-state index in [9.17, 15) is 14.4 Å². The van der Waals surface area contributed by atoms with Crippen LogP contribution in [0.4, 0.5) is 0 Å². The molecule has 1 aromatic rings. The zero-order valence-corrected chi connectivity index (χ0v) is 43.1. The van der Waals surface area contributed by atoms with Crippen LogP contribution in [0.15, 0.2) is 29.4 Å². The molecule has 0 spiro atoms. The summed E-state index contributed by atoms with van der Waals surface area (Å²) in [5.74, 6) is 3.14. The summed E-state index contributed by atoms with van der Waals surface area (Å²) in [7, 11) is 0. The van der Waals surface area contributed by atoms with E-state index in [1.54, 1.807) is 0 Å². The lowest BCUT2D eigenvalue weighted by molar-refractivity contribution is -0.122. The van der Waals surface area contributed by atoms with Crippen LogP contribution in [0.5, 0.6) is 0 Å². The van der Waals surface area contributed by atoms with Gasteiger partial charge in [0.25, 0.3) is 5.91 Å². The van der Waals surface area contributed by atoms with E-state index >= 15 is 0 Å². The number of hydrogen-bond acceptors (Lipinski definition) is 12. The van der Waals surface area contributed by atoms with Crippen LogP contribution in [0.1, 0.15) is 125 Å². The van der Waals surface area contributed by atoms with Gasteiger partial charge in [0.2, 0.25) is 11.8 Å². The van der Waals surface area contributed by atoms with E-state index in [-0.39, 0.29) is 17.7 Å². The first-order valence-electron chi connectivity index (χ1n) is 26.1. The highest BCUT2D eigenvalue weighted by Crippen LogP contribution is 2.34. The lowest BCUT2D eigenvalue weighted by Gasteiger charge is -2.23. The Kier molecular flexibility index (Phi) is 28.0. The van der Waals surface area contributed by atoms with Gasteiger partial charge in [-0.3, -0.25) is 30.1 Å². The number of guanidine groups is 2. The molecule has 70 heavy (non-hydrogen) atoms. The Labute approximate surface area is 424 Å². The fraction of sp³-hybridized carbons (Fsp3) is 0.776. The lowest BCUT2D eigenvalue weighted by Crippen LogP contribution is -2.36. The Morgan fingerprint density at radius 1 is 0.629 bits per heavy atom. The molecular formula is C49H83N13O6S2. The average Bonchev–Trinajstić information content (AvgIpc) is 4.13. The van der Waals surface area contributed by atoms with Gasteiger partial charge in [0.05, 0.1) is 63.8 Å². The Morgan fingerprint density at radius 2 is 1.13 bits per heavy atom. The van der Waals surface area contributed by atoms with Crippen LogP contribution in [-0.2, 0) is 30.3 Å². The van der Waals surface area contributed by atoms with Crippen molar-refractivity contribution in [3.05, 3.63) is 45.8 Å². The molecule has 0 aliphatic carbocycles. The van der Waals surface area contributed by atoms with Gasteiger partial charge in [0.1, 0.15) is 0 Å². The number of unbranched alkanes of at least 4 members (excludes halogenated alkanes) is 9. The number of nitrogens with one attached hydrogen (secondary N) is 9. The van der Waals surface area contributed by atoms with Crippen LogP contribution in [0.25, 0.3) is 10.4 Å². The number of azide groups is 1. The zero-order chi connectivity index (χ0) is 49.4. The van der Waals surface area contributed by atoms with Gasteiger partial charge in [-0.15, -0.1) is 0 Å². The van der Waals surface area contributed by atoms with Crippen molar-refractivity contribution < 1.29 is 28.6 Å². The van der Waals surface area contributed by atoms with Crippen LogP contribution in [-0.4, -0.2) is 160 Å². The minimum atomic E-state index is -0.133. The first-order valence-corrected chi connectivity index (χ1v) is 28.2. The minimum absolute atomic E-state index is 0.133. The smallest absolute Gasteiger partial charge is 0.251 e. The van der Waals surface area contributed by atoms with Crippen molar-refractivity contribution in [2.24, 2.45) is 5.11 Å². The van der Waals surface area contributed by atoms with Crippen molar-refractivity contribution in [3.8, 4) is 0 Å². The number of hydrogen-bond donors (Lipinski definition) is 9. The maximum absolute atomic E-state index is 12.8. The van der Waals surface area contributed by atoms with Crippen LogP contribution >= 0.6 is 23.5 Å². The Morgan fingerprint density at radius 3 is 1.67 bits per heavy atom. The number of thioether (sulfide) groups is 2. The van der Waals surface area contributed by atoms with E-state index in [1.165, 1.54) is 5.56 Å². The highest BCUT2D eigenvalue weighted by molar-refractivity contribution is 8.00. The van der Waals surface area contributed by atoms with Crippen molar-refractivity contribution in [1.82, 2.24) is 42.1 Å². The molecule has 4 aliphatic rings. The van der Waals surface area contributed by atoms with Gasteiger partial charge < -0.3 is 51.4 Å². The molecule has 4 aliphatic heterocycles. The summed E-state index contributed by atoms with van der Waals surface area (Å²) in [6.45, 7) is 7.41. The maximum atomic E-state index is 12.8. The normalized spacial score (nSPS) is 21.0. The molecule has 392 valence electrons. The molecule has 9 N–H and O–H groups in total. The van der Waals surface area contributed by atoms with Gasteiger partial charge in [0, 0.05) is 78.0 Å². The van der Waals surface area contributed by atoms with Crippen LogP contribution < -0.4 is 37.2 Å². The molecule has 4 heterocycles. The largest absolute Gasteiger partial charge is 0.379 e. The summed E-state index contributed by atoms with van der Waals surface area (Å²) in [4.78, 5) is 43.0. The fourth-order valence-electron chi connectivity index (χ4n) is 9.37. The van der Waals surface area contributed by atoms with E-state index in [2.05, 4.69) is 64.3 Å². The van der Waals surface area contributed by atoms with Crippen molar-refractivity contribution in [2.45, 2.75) is 150 Å². The SMILES string of the molecule is [N-]=[N+]=NCCOCCOCCOCCNC(=O)c1ccc(CN(CCCCCCCNC(=O)CCCCC2SCC3NC(=N)NC32)CCCCCCNC(=O)CCCCC2SCC3NC(=N)NC32)cc1. The molecule has 6 atom stereocenters. The number of carbonyl (C=O) groups excluding carboxylic acids is 3. The number of nitrogens with zero attached hydrogens (tertiary/aromatic N) is 4. The molecule has 6 unspecified atom stereocenters. The molecule has 19 nitrogen and oxygen atoms in total. The third-order valence-electron chi connectivity index (χ3n) is 13.2. The highest BCUT2D eigenvalue weighted by atomic mass is 32.2. The van der Waals surface area contributed by atoms with E-state index < -0.39 is 0 Å². The Bertz CT molecular complexity index is 1760. The second-order valence-corrected chi connectivity index (χ2v) is 21.3. The molecule has 3 amide bonds. The summed E-state index contributed by atoms with van der Waals surface area (Å²) in [6.07, 6.45) is 16.9. The van der Waals surface area contributed by atoms with Gasteiger partial charge in [0.15, 0.2) is 11.9 Å². The van der Waals surface area contributed by atoms with Gasteiger partial charge >= 0.3 is 0 Å². The number of benzene rings is 1. The molecule has 21 heteroatoms. The summed E-state index contributed by atoms with van der Waals surface area (Å²) < 4.78 is 16.3. The number of ether oxygens (including phenoxy) is 3. The molecule has 0 radical (unpaired) electrons. The Balaban J connectivity index is 0.910. The average molecular weight is 1010 g/mol. The standard InChI is InChI=1S/C49H83N13O6S2/c50-48-57-39-35-69-41(45(39)59-48)14-6-8-16-43(63)53-22-10-2-1-4-12-26-62(27-13-5-3-11-23-54-44(64)17-9-7-15-42-46-40(36-70-42)58-49(51)60-46)34-37-18-20-38(21-19-37)47(65)55-24-28-66-30-32-68-33-31-67-29-25-56-61-52/h18-21,39-42,45-46H,1-17,22-36H2,(H,53,63)(H,54,64)(H,55,65)(H3,50,57,59)(H3,51,58,60). The third kappa shape index (κ3) is 22.6. The number of fused-ring (bicyclic) bond motifs is 2. The highest BCUT2D eigenvalue weighted by Gasteiger charge is 2.42. The molecule has 0 aromatic heterocycles. The number of carbonyl (C=O) groups is 3. The summed E-state index contributed by atoms with van der Waals surface area (Å²) in [5.41, 5.74) is 10.1. The topological polar surface area (TPSA) is 263 Å². The minimum Gasteiger partial charge on any atom is -0.379 e. The second kappa shape index (κ2) is 34.4. The fourth-order valence-corrected chi connectivity index (χ4v) is 12.5. The van der Waals surface area contributed by atoms with Gasteiger partial charge in [-0.05, 0) is 87.7 Å². The molecule has 4 fully saturated rings. The predicted molar refractivity (Wildman–Crippen MR) is 281 cm³/mol. The molecule has 5 rings (SSSR count). The summed E-state index contributed by atoms with van der Waals surface area (Å²) in [5, 5.41) is 42.2. The lowest BCUT2D eigenvalue weighted by atomic mass is 10.0. The van der Waals surface area contributed by atoms with Gasteiger partial charge in [-0.1, -0.05) is 62.2 Å². The van der Waals surface area contributed by atoms with E-state index in [4.69, 9.17) is 30.6 Å². The number of amides is 3. The van der Waals surface area contributed by atoms with Crippen LogP contribution in [0, 0.1) is 10.8 Å². The van der Waals surface area contributed by atoms with Crippen molar-refractivity contribution in [1.29, 1.82) is 10.8 Å². The summed E-state index contributed by atoms with van der Waals surface area (Å²) >= 11 is 3.95. The van der Waals surface area contributed by atoms with E-state index in [0.717, 1.165) is 141 Å². The molecule has 4 saturated heterocycles. The van der Waals surface area contributed by atoms with Gasteiger partial charge in [-0.2, -0.15) is 23.5 Å². The van der Waals surface area contributed by atoms with E-state index in [1.807, 2.05) is 35.7 Å². The molecular weight excluding hydrogens is 931 g/mol. The third-order valence-corrected chi connectivity index (χ3v) is 16.2. The quantitative estimate of drug-likeness (QED) is 0.0173. The molecule has 1 aromatic carbocycles. The zero-order valence-electron chi connectivity index (χ0n) is 41.5. The molecule has 0 bridgehead atoms. The maximum Gasteiger partial charge on any atom is 0.251 e.